The molecule has 0 saturated heterocycles. The van der Waals surface area contributed by atoms with Crippen LogP contribution in [0.4, 0.5) is 0 Å². The molecule has 0 N–H and O–H groups in total. The van der Waals surface area contributed by atoms with Gasteiger partial charge in [0.1, 0.15) is 0 Å². The third-order valence-electron chi connectivity index (χ3n) is 0.986. The molecule has 0 saturated carbocycles. The van der Waals surface area contributed by atoms with Gasteiger partial charge in [-0.15, -0.1) is 4.99 Å². The van der Waals surface area contributed by atoms with Gasteiger partial charge in [0, 0.05) is 5.41 Å². The van der Waals surface area contributed by atoms with Crippen molar-refractivity contribution in [3.05, 3.63) is 0 Å². The number of hydrogen-bond donors (Lipinski definition) is 0. The van der Waals surface area contributed by atoms with Crippen LogP contribution in [0.3, 0.4) is 0 Å². The minimum atomic E-state index is -0.176. The van der Waals surface area contributed by atoms with Crippen LogP contribution in [0.2, 0.25) is 0 Å². The van der Waals surface area contributed by atoms with Crippen LogP contribution in [0.15, 0.2) is 4.99 Å². The van der Waals surface area contributed by atoms with Gasteiger partial charge in [-0.3, -0.25) is 0 Å². The van der Waals surface area contributed by atoms with Crippen LogP contribution < -0.4 is 0 Å². The summed E-state index contributed by atoms with van der Waals surface area (Å²) in [5.74, 6) is 0.468. The molecule has 0 aliphatic rings. The van der Waals surface area contributed by atoms with Gasteiger partial charge in [0.2, 0.25) is 12.1 Å². The normalized spacial score (nSPS) is 12.5. The van der Waals surface area contributed by atoms with Gasteiger partial charge in [0.15, 0.2) is 0 Å². The van der Waals surface area contributed by atoms with Gasteiger partial charge in [0.05, 0.1) is 7.11 Å². The van der Waals surface area contributed by atoms with Gasteiger partial charge in [-0.1, -0.05) is 20.8 Å². The number of hydrogen-bond acceptors (Lipinski definition) is 3. The molecule has 0 aromatic carbocycles. The number of nitriles is 1. The Morgan fingerprint density at radius 1 is 1.50 bits per heavy atom. The van der Waals surface area contributed by atoms with Crippen molar-refractivity contribution in [3.8, 4) is 6.19 Å². The van der Waals surface area contributed by atoms with E-state index >= 15 is 0 Å². The Morgan fingerprint density at radius 3 is 2.10 bits per heavy atom. The van der Waals surface area contributed by atoms with E-state index in [4.69, 9.17) is 10.00 Å². The van der Waals surface area contributed by atoms with Gasteiger partial charge in [-0.2, -0.15) is 5.26 Å². The predicted octanol–water partition coefficient (Wildman–Crippen LogP) is 1.56. The third kappa shape index (κ3) is 2.49. The van der Waals surface area contributed by atoms with Crippen LogP contribution in [0, 0.1) is 16.9 Å². The molecule has 3 nitrogen and oxygen atoms in total. The van der Waals surface area contributed by atoms with Crippen LogP contribution in [-0.2, 0) is 4.74 Å². The molecule has 0 heterocycles. The summed E-state index contributed by atoms with van der Waals surface area (Å²) in [4.78, 5) is 3.51. The van der Waals surface area contributed by atoms with Gasteiger partial charge in [-0.25, -0.2) is 0 Å². The first-order chi connectivity index (χ1) is 4.52. The number of methoxy groups -OCH3 is 1. The third-order valence-corrected chi connectivity index (χ3v) is 0.986. The maximum absolute atomic E-state index is 8.21. The highest BCUT2D eigenvalue weighted by atomic mass is 16.5. The first kappa shape index (κ1) is 8.96. The topological polar surface area (TPSA) is 45.4 Å². The van der Waals surface area contributed by atoms with Crippen LogP contribution in [0.25, 0.3) is 0 Å². The molecule has 3 heteroatoms. The maximum Gasteiger partial charge on any atom is 0.208 e. The zero-order chi connectivity index (χ0) is 8.20. The summed E-state index contributed by atoms with van der Waals surface area (Å²) < 4.78 is 4.88. The molecule has 0 atom stereocenters. The predicted molar refractivity (Wildman–Crippen MR) is 39.5 cm³/mol. The molecule has 0 aliphatic heterocycles. The highest BCUT2D eigenvalue weighted by Crippen LogP contribution is 2.15. The summed E-state index contributed by atoms with van der Waals surface area (Å²) in [6.45, 7) is 5.81. The zero-order valence-corrected chi connectivity index (χ0v) is 6.80. The molecule has 10 heavy (non-hydrogen) atoms. The van der Waals surface area contributed by atoms with Crippen LogP contribution in [0.1, 0.15) is 20.8 Å². The van der Waals surface area contributed by atoms with Crippen molar-refractivity contribution >= 4 is 5.90 Å². The second-order valence-electron chi connectivity index (χ2n) is 2.97. The van der Waals surface area contributed by atoms with Crippen molar-refractivity contribution < 1.29 is 4.74 Å². The lowest BCUT2D eigenvalue weighted by atomic mass is 9.97. The molecule has 0 fully saturated rings. The summed E-state index contributed by atoms with van der Waals surface area (Å²) in [7, 11) is 1.52. The standard InChI is InChI=1S/C7H12N2O/c1-7(2,3)6(10-4)9-5-8/h1-4H3/b9-6-. The molecule has 0 aliphatic carbocycles. The summed E-state index contributed by atoms with van der Waals surface area (Å²) in [5, 5.41) is 8.21. The molecule has 0 unspecified atom stereocenters. The average Bonchev–Trinajstić information content (AvgIpc) is 1.80. The molecule has 0 spiro atoms. The lowest BCUT2D eigenvalue weighted by molar-refractivity contribution is 0.337. The Kier molecular flexibility index (Phi) is 2.88. The van der Waals surface area contributed by atoms with Crippen molar-refractivity contribution in [1.82, 2.24) is 0 Å². The summed E-state index contributed by atoms with van der Waals surface area (Å²) in [6, 6.07) is 0. The Morgan fingerprint density at radius 2 is 2.00 bits per heavy atom. The van der Waals surface area contributed by atoms with Crippen molar-refractivity contribution in [2.75, 3.05) is 7.11 Å². The van der Waals surface area contributed by atoms with E-state index in [1.54, 1.807) is 6.19 Å². The summed E-state index contributed by atoms with van der Waals surface area (Å²) in [5.41, 5.74) is -0.176. The molecular weight excluding hydrogens is 128 g/mol. The molecule has 0 aromatic heterocycles. The van der Waals surface area contributed by atoms with E-state index in [0.717, 1.165) is 0 Å². The molecule has 0 bridgehead atoms. The van der Waals surface area contributed by atoms with Crippen LogP contribution in [0.5, 0.6) is 0 Å². The minimum Gasteiger partial charge on any atom is -0.483 e. The molecule has 0 aromatic rings. The van der Waals surface area contributed by atoms with Gasteiger partial charge >= 0.3 is 0 Å². The Hall–Kier alpha value is -1.04. The largest absolute Gasteiger partial charge is 0.483 e. The lowest BCUT2D eigenvalue weighted by Crippen LogP contribution is -2.21. The Bertz CT molecular complexity index is 171. The number of rotatable bonds is 0. The minimum absolute atomic E-state index is 0.176. The summed E-state index contributed by atoms with van der Waals surface area (Å²) in [6.07, 6.45) is 1.69. The van der Waals surface area contributed by atoms with E-state index in [2.05, 4.69) is 4.99 Å². The second-order valence-corrected chi connectivity index (χ2v) is 2.97. The molecule has 0 rings (SSSR count). The van der Waals surface area contributed by atoms with Gasteiger partial charge in [-0.05, 0) is 0 Å². The first-order valence-electron chi connectivity index (χ1n) is 3.03. The number of aliphatic imine (C=N–C) groups is 1. The second kappa shape index (κ2) is 3.21. The summed E-state index contributed by atoms with van der Waals surface area (Å²) >= 11 is 0. The van der Waals surface area contributed by atoms with Crippen LogP contribution in [-0.4, -0.2) is 13.0 Å². The van der Waals surface area contributed by atoms with E-state index in [1.165, 1.54) is 7.11 Å². The maximum atomic E-state index is 8.21. The van der Waals surface area contributed by atoms with Crippen molar-refractivity contribution in [2.45, 2.75) is 20.8 Å². The first-order valence-corrected chi connectivity index (χ1v) is 3.03. The van der Waals surface area contributed by atoms with Crippen molar-refractivity contribution in [1.29, 1.82) is 5.26 Å². The van der Waals surface area contributed by atoms with E-state index in [9.17, 15) is 0 Å². The lowest BCUT2D eigenvalue weighted by Gasteiger charge is -2.17. The smallest absolute Gasteiger partial charge is 0.208 e. The monoisotopic (exact) mass is 140 g/mol. The van der Waals surface area contributed by atoms with E-state index in [1.807, 2.05) is 20.8 Å². The molecular formula is C7H12N2O. The fourth-order valence-corrected chi connectivity index (χ4v) is 0.565. The van der Waals surface area contributed by atoms with E-state index in [-0.39, 0.29) is 5.41 Å². The number of nitrogens with zero attached hydrogens (tertiary/aromatic N) is 2. The highest BCUT2D eigenvalue weighted by Gasteiger charge is 2.19. The van der Waals surface area contributed by atoms with Crippen molar-refractivity contribution in [2.24, 2.45) is 10.4 Å². The quantitative estimate of drug-likeness (QED) is 0.291. The highest BCUT2D eigenvalue weighted by molar-refractivity contribution is 5.82. The van der Waals surface area contributed by atoms with Crippen LogP contribution >= 0.6 is 0 Å². The Balaban J connectivity index is 4.41. The van der Waals surface area contributed by atoms with E-state index in [0.29, 0.717) is 5.90 Å². The number of ether oxygens (including phenoxy) is 1. The molecule has 0 amide bonds. The van der Waals surface area contributed by atoms with Gasteiger partial charge < -0.3 is 4.74 Å². The van der Waals surface area contributed by atoms with E-state index < -0.39 is 0 Å². The van der Waals surface area contributed by atoms with Gasteiger partial charge in [0.25, 0.3) is 0 Å². The fraction of sp³-hybridized carbons (Fsp3) is 0.714. The molecule has 0 radical (unpaired) electrons. The SMILES string of the molecule is CO/C(=N\C#N)C(C)(C)C. The Labute approximate surface area is 61.3 Å². The average molecular weight is 140 g/mol. The molecule has 56 valence electrons. The zero-order valence-electron chi connectivity index (χ0n) is 6.80. The fourth-order valence-electron chi connectivity index (χ4n) is 0.565. The van der Waals surface area contributed by atoms with Crippen molar-refractivity contribution in [3.63, 3.8) is 0 Å².